The molecule has 0 aliphatic carbocycles. The van der Waals surface area contributed by atoms with Crippen LogP contribution in [0, 0.1) is 5.41 Å². The zero-order valence-electron chi connectivity index (χ0n) is 29.8. The van der Waals surface area contributed by atoms with Gasteiger partial charge in [0.15, 0.2) is 9.84 Å². The standard InChI is InChI=1S/C41H58N3O3S/c1-5-7-21-41(22-8-6-2)31-48(46,47)38-20-19-36(42(3)4)29-37(38)39(40(41)45)35-17-15-33(16-18-35)10-9-32-11-13-34(14-12-32)30-44-26-23-43(24-27-44)25-28-44/h11-20,29,39-40,45H,5-10,21-28,30-31H2,1-4H3/q+1/t39-,40-/m1/s1. The molecule has 2 atom stereocenters. The summed E-state index contributed by atoms with van der Waals surface area (Å²) >= 11 is 0. The smallest absolute Gasteiger partial charge is 0.179 e. The number of fused-ring (bicyclic) bond motifs is 4. The molecule has 6 nitrogen and oxygen atoms in total. The van der Waals surface area contributed by atoms with Crippen LogP contribution < -0.4 is 4.90 Å². The van der Waals surface area contributed by atoms with Gasteiger partial charge in [0, 0.05) is 56.3 Å². The average molecular weight is 673 g/mol. The molecule has 0 unspecified atom stereocenters. The van der Waals surface area contributed by atoms with E-state index in [1.165, 1.54) is 60.4 Å². The van der Waals surface area contributed by atoms with Crippen molar-refractivity contribution in [3.05, 3.63) is 94.5 Å². The fraction of sp³-hybridized carbons (Fsp3) is 0.561. The number of anilines is 1. The van der Waals surface area contributed by atoms with Gasteiger partial charge >= 0.3 is 0 Å². The third-order valence-corrected chi connectivity index (χ3v) is 13.9. The van der Waals surface area contributed by atoms with Gasteiger partial charge in [-0.1, -0.05) is 88.1 Å². The number of hydrogen-bond acceptors (Lipinski definition) is 5. The molecule has 48 heavy (non-hydrogen) atoms. The Morgan fingerprint density at radius 3 is 1.90 bits per heavy atom. The van der Waals surface area contributed by atoms with Gasteiger partial charge in [-0.2, -0.15) is 0 Å². The summed E-state index contributed by atoms with van der Waals surface area (Å²) in [5.41, 5.74) is 6.05. The molecular weight excluding hydrogens is 615 g/mol. The molecule has 3 fully saturated rings. The second-order valence-electron chi connectivity index (χ2n) is 15.4. The van der Waals surface area contributed by atoms with E-state index in [4.69, 9.17) is 0 Å². The number of hydrogen-bond donors (Lipinski definition) is 1. The number of aliphatic hydroxyl groups is 1. The third-order valence-electron chi connectivity index (χ3n) is 11.9. The second-order valence-corrected chi connectivity index (χ2v) is 17.4. The SMILES string of the molecule is CCCCC1(CCCC)CS(=O)(=O)c2ccc(N(C)C)cc2[C@@H](c2ccc(CCc3ccc(C[N+]45CCN(CC4)CC5)cc3)cc2)[C@H]1O. The molecule has 1 N–H and O–H groups in total. The van der Waals surface area contributed by atoms with Crippen LogP contribution in [0.4, 0.5) is 5.69 Å². The van der Waals surface area contributed by atoms with E-state index >= 15 is 0 Å². The Bertz CT molecular complexity index is 1600. The summed E-state index contributed by atoms with van der Waals surface area (Å²) in [6, 6.07) is 23.7. The first kappa shape index (κ1) is 35.1. The van der Waals surface area contributed by atoms with Crippen molar-refractivity contribution in [3.63, 3.8) is 0 Å². The molecular formula is C41H58N3O3S+. The lowest BCUT2D eigenvalue weighted by Crippen LogP contribution is -2.66. The van der Waals surface area contributed by atoms with E-state index in [1.54, 1.807) is 6.07 Å². The van der Waals surface area contributed by atoms with Crippen molar-refractivity contribution in [2.75, 3.05) is 64.0 Å². The van der Waals surface area contributed by atoms with Gasteiger partial charge in [-0.05, 0) is 66.1 Å². The Morgan fingerprint density at radius 1 is 0.812 bits per heavy atom. The van der Waals surface area contributed by atoms with Crippen LogP contribution in [0.25, 0.3) is 0 Å². The van der Waals surface area contributed by atoms with E-state index < -0.39 is 27.3 Å². The van der Waals surface area contributed by atoms with E-state index in [-0.39, 0.29) is 5.75 Å². The molecule has 260 valence electrons. The molecule has 7 rings (SSSR count). The predicted octanol–water partition coefficient (Wildman–Crippen LogP) is 6.83. The first-order valence-electron chi connectivity index (χ1n) is 18.5. The molecule has 4 heterocycles. The van der Waals surface area contributed by atoms with Crippen LogP contribution >= 0.6 is 0 Å². The van der Waals surface area contributed by atoms with Gasteiger partial charge in [-0.15, -0.1) is 0 Å². The predicted molar refractivity (Wildman–Crippen MR) is 197 cm³/mol. The van der Waals surface area contributed by atoms with Gasteiger partial charge in [-0.25, -0.2) is 8.42 Å². The molecule has 0 saturated carbocycles. The lowest BCUT2D eigenvalue weighted by molar-refractivity contribution is -0.953. The molecule has 0 aromatic heterocycles. The molecule has 3 aromatic carbocycles. The molecule has 0 radical (unpaired) electrons. The first-order valence-corrected chi connectivity index (χ1v) is 20.2. The Morgan fingerprint density at radius 2 is 1.35 bits per heavy atom. The van der Waals surface area contributed by atoms with Crippen LogP contribution in [-0.2, 0) is 29.2 Å². The molecule has 7 heteroatoms. The molecule has 2 bridgehead atoms. The quantitative estimate of drug-likeness (QED) is 0.202. The maximum atomic E-state index is 14.1. The van der Waals surface area contributed by atoms with Gasteiger partial charge in [0.05, 0.1) is 36.4 Å². The van der Waals surface area contributed by atoms with Crippen molar-refractivity contribution in [2.45, 2.75) is 88.7 Å². The van der Waals surface area contributed by atoms with Gasteiger partial charge in [-0.3, -0.25) is 4.90 Å². The highest BCUT2D eigenvalue weighted by atomic mass is 32.2. The summed E-state index contributed by atoms with van der Waals surface area (Å²) in [6.07, 6.45) is 6.29. The maximum absolute atomic E-state index is 14.1. The molecule has 4 aliphatic heterocycles. The molecule has 0 spiro atoms. The number of unbranched alkanes of at least 4 members (excludes halogenated alkanes) is 2. The van der Waals surface area contributed by atoms with Gasteiger partial charge in [0.1, 0.15) is 6.54 Å². The van der Waals surface area contributed by atoms with Gasteiger partial charge < -0.3 is 14.5 Å². The number of nitrogens with zero attached hydrogens (tertiary/aromatic N) is 3. The summed E-state index contributed by atoms with van der Waals surface area (Å²) in [7, 11) is 0.348. The Hall–Kier alpha value is -2.71. The lowest BCUT2D eigenvalue weighted by Gasteiger charge is -2.50. The molecule has 0 amide bonds. The number of aryl methyl sites for hydroxylation is 2. The number of sulfone groups is 1. The van der Waals surface area contributed by atoms with Crippen LogP contribution in [0.1, 0.15) is 86.1 Å². The largest absolute Gasteiger partial charge is 0.392 e. The van der Waals surface area contributed by atoms with Crippen LogP contribution in [-0.4, -0.2) is 88.1 Å². The second kappa shape index (κ2) is 14.6. The minimum Gasteiger partial charge on any atom is -0.392 e. The van der Waals surface area contributed by atoms with Gasteiger partial charge in [0.2, 0.25) is 0 Å². The van der Waals surface area contributed by atoms with Gasteiger partial charge in [0.25, 0.3) is 0 Å². The fourth-order valence-electron chi connectivity index (χ4n) is 8.74. The molecule has 3 saturated heterocycles. The lowest BCUT2D eigenvalue weighted by atomic mass is 9.68. The van der Waals surface area contributed by atoms with Crippen molar-refractivity contribution in [3.8, 4) is 0 Å². The number of aliphatic hydroxyl groups excluding tert-OH is 1. The summed E-state index contributed by atoms with van der Waals surface area (Å²) in [5, 5.41) is 12.5. The summed E-state index contributed by atoms with van der Waals surface area (Å²) in [6.45, 7) is 13.0. The number of quaternary nitrogens is 1. The summed E-state index contributed by atoms with van der Waals surface area (Å²) in [4.78, 5) is 4.99. The highest BCUT2D eigenvalue weighted by Gasteiger charge is 2.49. The average Bonchev–Trinajstić information content (AvgIpc) is 3.17. The van der Waals surface area contributed by atoms with E-state index in [1.807, 2.05) is 31.1 Å². The summed E-state index contributed by atoms with van der Waals surface area (Å²) in [5.74, 6) is -0.414. The minimum atomic E-state index is -3.61. The van der Waals surface area contributed by atoms with Crippen molar-refractivity contribution in [1.29, 1.82) is 0 Å². The van der Waals surface area contributed by atoms with E-state index in [0.29, 0.717) is 17.7 Å². The Kier molecular flexibility index (Phi) is 10.7. The highest BCUT2D eigenvalue weighted by molar-refractivity contribution is 7.91. The van der Waals surface area contributed by atoms with Crippen LogP contribution in [0.3, 0.4) is 0 Å². The zero-order valence-corrected chi connectivity index (χ0v) is 30.6. The topological polar surface area (TPSA) is 60.9 Å². The van der Waals surface area contributed by atoms with Crippen LogP contribution in [0.15, 0.2) is 71.6 Å². The fourth-order valence-corrected chi connectivity index (χ4v) is 10.9. The van der Waals surface area contributed by atoms with Crippen molar-refractivity contribution in [1.82, 2.24) is 4.90 Å². The Balaban J connectivity index is 1.24. The zero-order chi connectivity index (χ0) is 33.9. The van der Waals surface area contributed by atoms with E-state index in [2.05, 4.69) is 67.3 Å². The van der Waals surface area contributed by atoms with Crippen molar-refractivity contribution >= 4 is 15.5 Å². The van der Waals surface area contributed by atoms with Crippen molar-refractivity contribution < 1.29 is 18.0 Å². The monoisotopic (exact) mass is 672 g/mol. The Labute approximate surface area is 290 Å². The van der Waals surface area contributed by atoms with Crippen LogP contribution in [0.2, 0.25) is 0 Å². The van der Waals surface area contributed by atoms with Crippen LogP contribution in [0.5, 0.6) is 0 Å². The first-order chi connectivity index (χ1) is 23.1. The number of rotatable bonds is 13. The minimum absolute atomic E-state index is 0.00144. The number of piperazine rings is 3. The number of benzene rings is 3. The normalized spacial score (nSPS) is 25.7. The van der Waals surface area contributed by atoms with Crippen molar-refractivity contribution in [2.24, 2.45) is 5.41 Å². The third kappa shape index (κ3) is 7.40. The molecule has 3 aromatic rings. The van der Waals surface area contributed by atoms with E-state index in [9.17, 15) is 13.5 Å². The molecule has 4 aliphatic rings. The maximum Gasteiger partial charge on any atom is 0.179 e. The highest BCUT2D eigenvalue weighted by Crippen LogP contribution is 2.50. The summed E-state index contributed by atoms with van der Waals surface area (Å²) < 4.78 is 29.5. The van der Waals surface area contributed by atoms with E-state index in [0.717, 1.165) is 61.9 Å².